The van der Waals surface area contributed by atoms with Gasteiger partial charge in [0.2, 0.25) is 17.8 Å². The van der Waals surface area contributed by atoms with Gasteiger partial charge < -0.3 is 9.88 Å². The van der Waals surface area contributed by atoms with Crippen LogP contribution in [0.15, 0.2) is 29.1 Å². The summed E-state index contributed by atoms with van der Waals surface area (Å²) in [6, 6.07) is 3.75. The Morgan fingerprint density at radius 1 is 1.26 bits per heavy atom. The van der Waals surface area contributed by atoms with Crippen LogP contribution in [-0.2, 0) is 9.59 Å². The summed E-state index contributed by atoms with van der Waals surface area (Å²) in [5.74, 6) is 2.64. The minimum Gasteiger partial charge on any atom is -0.322 e. The van der Waals surface area contributed by atoms with E-state index in [1.807, 2.05) is 24.1 Å². The van der Waals surface area contributed by atoms with Crippen LogP contribution in [0.1, 0.15) is 65.2 Å². The van der Waals surface area contributed by atoms with Gasteiger partial charge >= 0.3 is 0 Å². The van der Waals surface area contributed by atoms with Gasteiger partial charge in [-0.3, -0.25) is 14.9 Å². The number of carbonyl (C=O) groups excluding carboxylic acids is 2. The van der Waals surface area contributed by atoms with Crippen LogP contribution in [0, 0.1) is 34.5 Å². The van der Waals surface area contributed by atoms with E-state index >= 15 is 0 Å². The van der Waals surface area contributed by atoms with Gasteiger partial charge in [-0.15, -0.1) is 0 Å². The summed E-state index contributed by atoms with van der Waals surface area (Å²) in [6.45, 7) is 4.76. The van der Waals surface area contributed by atoms with Crippen molar-refractivity contribution < 1.29 is 9.59 Å². The maximum absolute atomic E-state index is 13.0. The van der Waals surface area contributed by atoms with Gasteiger partial charge in [0.05, 0.1) is 5.52 Å². The number of imidazole rings is 1. The standard InChI is InChI=1S/C27H34ClN5O2/c1-26-10-8-18-16(14-19(28)23-27(18,2)11-9-22(35)33(23)3)17(26)7-6-15(26)13-21(34)31-25-30-20-5-4-12-29-24(20)32-25/h4-5,12,15-18H,6-11,13-14H2,1-3H3,(H2,29,30,31,32,34)/t15-,16+,17+,18+,26-,27-/m1/s1. The van der Waals surface area contributed by atoms with E-state index in [1.54, 1.807) is 6.20 Å². The molecular formula is C27H34ClN5O2. The molecule has 2 aromatic rings. The molecule has 186 valence electrons. The Morgan fingerprint density at radius 3 is 2.89 bits per heavy atom. The molecule has 1 saturated heterocycles. The first-order chi connectivity index (χ1) is 16.7. The van der Waals surface area contributed by atoms with E-state index in [9.17, 15) is 9.59 Å². The first kappa shape index (κ1) is 23.0. The number of hydrogen-bond acceptors (Lipinski definition) is 4. The molecule has 0 spiro atoms. The molecule has 3 aliphatic carbocycles. The molecule has 1 aliphatic heterocycles. The van der Waals surface area contributed by atoms with E-state index in [0.717, 1.165) is 54.8 Å². The van der Waals surface area contributed by atoms with Crippen molar-refractivity contribution >= 4 is 40.5 Å². The van der Waals surface area contributed by atoms with Crippen LogP contribution in [0.3, 0.4) is 0 Å². The number of carbonyl (C=O) groups is 2. The third-order valence-electron chi connectivity index (χ3n) is 10.2. The smallest absolute Gasteiger partial charge is 0.226 e. The molecule has 0 bridgehead atoms. The van der Waals surface area contributed by atoms with Crippen molar-refractivity contribution in [2.24, 2.45) is 34.5 Å². The topological polar surface area (TPSA) is 91.0 Å². The second-order valence-electron chi connectivity index (χ2n) is 11.7. The minimum absolute atomic E-state index is 0.0151. The second kappa shape index (κ2) is 8.05. The number of fused-ring (bicyclic) bond motifs is 6. The summed E-state index contributed by atoms with van der Waals surface area (Å²) < 4.78 is 0. The van der Waals surface area contributed by atoms with Crippen LogP contribution in [-0.4, -0.2) is 38.7 Å². The van der Waals surface area contributed by atoms with E-state index in [0.29, 0.717) is 48.1 Å². The lowest BCUT2D eigenvalue weighted by atomic mass is 9.49. The zero-order valence-corrected chi connectivity index (χ0v) is 21.5. The number of anilines is 1. The molecule has 6 rings (SSSR count). The number of nitrogens with one attached hydrogen (secondary N) is 2. The molecule has 2 amide bonds. The molecule has 4 aliphatic rings. The molecule has 0 unspecified atom stereocenters. The molecule has 2 saturated carbocycles. The quantitative estimate of drug-likeness (QED) is 0.591. The zero-order valence-electron chi connectivity index (χ0n) is 20.7. The Kier molecular flexibility index (Phi) is 5.30. The summed E-state index contributed by atoms with van der Waals surface area (Å²) in [5.41, 5.74) is 2.61. The largest absolute Gasteiger partial charge is 0.322 e. The maximum Gasteiger partial charge on any atom is 0.226 e. The molecule has 3 heterocycles. The van der Waals surface area contributed by atoms with Crippen molar-refractivity contribution in [2.75, 3.05) is 12.4 Å². The fourth-order valence-corrected chi connectivity index (χ4v) is 8.96. The lowest BCUT2D eigenvalue weighted by Crippen LogP contribution is -2.54. The van der Waals surface area contributed by atoms with Crippen molar-refractivity contribution in [2.45, 2.75) is 65.2 Å². The number of halogens is 1. The van der Waals surface area contributed by atoms with Gasteiger partial charge in [-0.05, 0) is 79.7 Å². The first-order valence-electron chi connectivity index (χ1n) is 13.0. The van der Waals surface area contributed by atoms with Gasteiger partial charge in [-0.2, -0.15) is 4.98 Å². The van der Waals surface area contributed by atoms with Gasteiger partial charge in [-0.25, -0.2) is 4.98 Å². The summed E-state index contributed by atoms with van der Waals surface area (Å²) >= 11 is 6.95. The summed E-state index contributed by atoms with van der Waals surface area (Å²) in [5, 5.41) is 3.86. The summed E-state index contributed by atoms with van der Waals surface area (Å²) in [4.78, 5) is 39.1. The van der Waals surface area contributed by atoms with Crippen LogP contribution in [0.5, 0.6) is 0 Å². The molecule has 3 fully saturated rings. The highest BCUT2D eigenvalue weighted by atomic mass is 35.5. The van der Waals surface area contributed by atoms with Crippen LogP contribution < -0.4 is 5.32 Å². The predicted molar refractivity (Wildman–Crippen MR) is 135 cm³/mol. The molecule has 6 atom stereocenters. The fourth-order valence-electron chi connectivity index (χ4n) is 8.44. The van der Waals surface area contributed by atoms with Gasteiger partial charge in [-0.1, -0.05) is 25.4 Å². The number of allylic oxidation sites excluding steroid dienone is 2. The van der Waals surface area contributed by atoms with Crippen molar-refractivity contribution in [3.8, 4) is 0 Å². The lowest BCUT2D eigenvalue weighted by Gasteiger charge is -2.59. The summed E-state index contributed by atoms with van der Waals surface area (Å²) in [6.07, 6.45) is 9.05. The number of H-pyrrole nitrogens is 1. The van der Waals surface area contributed by atoms with Gasteiger partial charge in [0.1, 0.15) is 0 Å². The number of rotatable bonds is 3. The average Bonchev–Trinajstić information content (AvgIpc) is 3.37. The Bertz CT molecular complexity index is 1210. The number of likely N-dealkylation sites (tertiary alicyclic amines) is 1. The van der Waals surface area contributed by atoms with E-state index in [-0.39, 0.29) is 22.6 Å². The Hall–Kier alpha value is -2.41. The molecule has 0 aromatic carbocycles. The predicted octanol–water partition coefficient (Wildman–Crippen LogP) is 5.46. The molecule has 35 heavy (non-hydrogen) atoms. The van der Waals surface area contributed by atoms with Gasteiger partial charge in [0, 0.05) is 42.2 Å². The Morgan fingerprint density at radius 2 is 2.09 bits per heavy atom. The number of pyridine rings is 1. The van der Waals surface area contributed by atoms with Crippen molar-refractivity contribution in [3.05, 3.63) is 29.1 Å². The molecule has 8 heteroatoms. The minimum atomic E-state index is -0.0330. The maximum atomic E-state index is 13.0. The molecule has 2 aromatic heterocycles. The number of piperidine rings is 1. The fraction of sp³-hybridized carbons (Fsp3) is 0.630. The van der Waals surface area contributed by atoms with E-state index in [1.165, 1.54) is 0 Å². The highest BCUT2D eigenvalue weighted by Crippen LogP contribution is 2.67. The van der Waals surface area contributed by atoms with E-state index in [2.05, 4.69) is 34.1 Å². The van der Waals surface area contributed by atoms with Crippen molar-refractivity contribution in [1.29, 1.82) is 0 Å². The number of aromatic amines is 1. The third-order valence-corrected chi connectivity index (χ3v) is 10.5. The van der Waals surface area contributed by atoms with E-state index < -0.39 is 0 Å². The molecular weight excluding hydrogens is 462 g/mol. The SMILES string of the molecule is CN1C(=O)CC[C@@]2(C)C1=C(Cl)C[C@H]1[C@@H]3CC[C@H](CC(=O)Nc4nc5ncccc5[nH]4)[C@@]3(C)CC[C@@H]12. The van der Waals surface area contributed by atoms with Gasteiger partial charge in [0.15, 0.2) is 5.65 Å². The Labute approximate surface area is 211 Å². The highest BCUT2D eigenvalue weighted by Gasteiger charge is 2.60. The first-order valence-corrected chi connectivity index (χ1v) is 13.3. The highest BCUT2D eigenvalue weighted by molar-refractivity contribution is 6.30. The van der Waals surface area contributed by atoms with Crippen molar-refractivity contribution in [1.82, 2.24) is 19.9 Å². The van der Waals surface area contributed by atoms with Crippen LogP contribution in [0.25, 0.3) is 11.2 Å². The van der Waals surface area contributed by atoms with Crippen LogP contribution >= 0.6 is 11.6 Å². The zero-order chi connectivity index (χ0) is 24.5. The van der Waals surface area contributed by atoms with Crippen LogP contribution in [0.2, 0.25) is 0 Å². The molecule has 2 N–H and O–H groups in total. The van der Waals surface area contributed by atoms with E-state index in [4.69, 9.17) is 11.6 Å². The number of amides is 2. The molecule has 7 nitrogen and oxygen atoms in total. The van der Waals surface area contributed by atoms with Gasteiger partial charge in [0.25, 0.3) is 0 Å². The average molecular weight is 496 g/mol. The number of nitrogens with zero attached hydrogens (tertiary/aromatic N) is 3. The number of hydrogen-bond donors (Lipinski definition) is 2. The third kappa shape index (κ3) is 3.45. The second-order valence-corrected chi connectivity index (χ2v) is 12.2. The number of aromatic nitrogens is 3. The normalized spacial score (nSPS) is 36.7. The summed E-state index contributed by atoms with van der Waals surface area (Å²) in [7, 11) is 1.90. The monoisotopic (exact) mass is 495 g/mol. The van der Waals surface area contributed by atoms with Crippen molar-refractivity contribution in [3.63, 3.8) is 0 Å². The molecule has 0 radical (unpaired) electrons. The van der Waals surface area contributed by atoms with Crippen LogP contribution in [0.4, 0.5) is 5.95 Å². The lowest BCUT2D eigenvalue weighted by molar-refractivity contribution is -0.136. The Balaban J connectivity index is 1.20.